The van der Waals surface area contributed by atoms with Gasteiger partial charge in [-0.15, -0.1) is 0 Å². The van der Waals surface area contributed by atoms with Crippen LogP contribution in [0.4, 0.5) is 10.3 Å². The molecule has 2 aromatic rings. The highest BCUT2D eigenvalue weighted by molar-refractivity contribution is 5.79. The number of amides is 1. The molecule has 2 aliphatic heterocycles. The van der Waals surface area contributed by atoms with Crippen molar-refractivity contribution in [3.05, 3.63) is 47.5 Å². The number of nitrogens with zero attached hydrogens (tertiary/aromatic N) is 4. The van der Waals surface area contributed by atoms with Gasteiger partial charge in [0, 0.05) is 63.9 Å². The number of nitrogens with one attached hydrogen (secondary N) is 1. The van der Waals surface area contributed by atoms with E-state index in [1.54, 1.807) is 24.1 Å². The van der Waals surface area contributed by atoms with Crippen molar-refractivity contribution in [1.29, 1.82) is 0 Å². The number of ether oxygens (including phenoxy) is 2. The van der Waals surface area contributed by atoms with Gasteiger partial charge >= 0.3 is 0 Å². The van der Waals surface area contributed by atoms with E-state index in [2.05, 4.69) is 20.2 Å². The summed E-state index contributed by atoms with van der Waals surface area (Å²) in [7, 11) is 1.67. The number of aliphatic hydroxyl groups is 3. The number of aliphatic hydroxyl groups excluding tert-OH is 3. The predicted octanol–water partition coefficient (Wildman–Crippen LogP) is 2.03. The Morgan fingerprint density at radius 3 is 2.50 bits per heavy atom. The number of aromatic nitrogens is 2. The summed E-state index contributed by atoms with van der Waals surface area (Å²) in [4.78, 5) is 26.0. The van der Waals surface area contributed by atoms with Crippen LogP contribution in [0.25, 0.3) is 0 Å². The van der Waals surface area contributed by atoms with Gasteiger partial charge in [-0.3, -0.25) is 4.79 Å². The summed E-state index contributed by atoms with van der Waals surface area (Å²) in [6.45, 7) is 4.13. The number of hydrogen-bond acceptors (Lipinski definition) is 10. The monoisotopic (exact) mass is 643 g/mol. The van der Waals surface area contributed by atoms with E-state index in [0.717, 1.165) is 56.2 Å². The van der Waals surface area contributed by atoms with Crippen molar-refractivity contribution in [3.63, 3.8) is 0 Å². The van der Waals surface area contributed by atoms with Gasteiger partial charge in [0.1, 0.15) is 11.6 Å². The Bertz CT molecular complexity index is 1250. The molecule has 1 aliphatic carbocycles. The number of carbonyl (C=O) groups is 1. The molecule has 1 saturated carbocycles. The van der Waals surface area contributed by atoms with E-state index in [0.29, 0.717) is 56.0 Å². The third-order valence-electron chi connectivity index (χ3n) is 10.1. The highest BCUT2D eigenvalue weighted by atomic mass is 19.1. The van der Waals surface area contributed by atoms with E-state index in [1.807, 2.05) is 12.4 Å². The lowest BCUT2D eigenvalue weighted by molar-refractivity contribution is -0.129. The molecule has 1 aromatic carbocycles. The Morgan fingerprint density at radius 2 is 1.83 bits per heavy atom. The molecule has 46 heavy (non-hydrogen) atoms. The van der Waals surface area contributed by atoms with Crippen LogP contribution in [0.5, 0.6) is 5.75 Å². The van der Waals surface area contributed by atoms with Crippen molar-refractivity contribution in [3.8, 4) is 5.75 Å². The summed E-state index contributed by atoms with van der Waals surface area (Å²) in [5.41, 5.74) is 0.376. The van der Waals surface area contributed by atoms with Crippen molar-refractivity contribution in [2.24, 2.45) is 29.1 Å². The average molecular weight is 644 g/mol. The maximum atomic E-state index is 14.9. The zero-order chi connectivity index (χ0) is 32.5. The summed E-state index contributed by atoms with van der Waals surface area (Å²) in [6.07, 6.45) is 8.98. The van der Waals surface area contributed by atoms with Crippen LogP contribution >= 0.6 is 0 Å². The lowest BCUT2D eigenvalue weighted by atomic mass is 9.90. The number of halogens is 1. The molecule has 0 spiro atoms. The Balaban J connectivity index is 0.976. The van der Waals surface area contributed by atoms with Crippen LogP contribution in [0.3, 0.4) is 0 Å². The molecule has 3 atom stereocenters. The molecule has 4 N–H and O–H groups in total. The number of likely N-dealkylation sites (tertiary alicyclic amines) is 1. The highest BCUT2D eigenvalue weighted by Crippen LogP contribution is 2.49. The van der Waals surface area contributed by atoms with E-state index in [4.69, 9.17) is 9.47 Å². The molecule has 3 aliphatic rings. The van der Waals surface area contributed by atoms with Crippen LogP contribution in [-0.2, 0) is 22.6 Å². The fraction of sp³-hybridized carbons (Fsp3) is 0.676. The van der Waals surface area contributed by atoms with Crippen LogP contribution in [0.2, 0.25) is 0 Å². The largest absolute Gasteiger partial charge is 0.493 e. The van der Waals surface area contributed by atoms with Crippen LogP contribution < -0.4 is 15.0 Å². The molecule has 254 valence electrons. The molecule has 3 fully saturated rings. The van der Waals surface area contributed by atoms with Crippen LogP contribution in [0.15, 0.2) is 30.6 Å². The standard InChI is InChI=1S/C34H50FN5O6/c1-45-19-25-16-37-33(38-17-25)39-9-5-26(6-10-39)30-12-27(30)7-11-46-29-3-2-28(31(35)14-29)13-32(44)40-8-4-24(18-40)15-36-20-34(21-41,22-42)23-43/h2-3,14,16-17,24,26-27,30,36,41-43H,4-13,15,18-23H2,1H3/t24-,27+,30+/m0/s1. The molecule has 1 aromatic heterocycles. The maximum Gasteiger partial charge on any atom is 0.227 e. The summed E-state index contributed by atoms with van der Waals surface area (Å²) >= 11 is 0. The van der Waals surface area contributed by atoms with Crippen molar-refractivity contribution < 1.29 is 34.0 Å². The first kappa shape index (κ1) is 34.4. The summed E-state index contributed by atoms with van der Waals surface area (Å²) in [6, 6.07) is 4.79. The van der Waals surface area contributed by atoms with Crippen LogP contribution in [-0.4, -0.2) is 109 Å². The number of piperidine rings is 1. The normalized spacial score (nSPS) is 22.0. The number of anilines is 1. The van der Waals surface area contributed by atoms with Gasteiger partial charge in [0.2, 0.25) is 11.9 Å². The van der Waals surface area contributed by atoms with E-state index in [1.165, 1.54) is 12.5 Å². The lowest BCUT2D eigenvalue weighted by Crippen LogP contribution is -2.44. The number of benzene rings is 1. The Kier molecular flexibility index (Phi) is 12.2. The first-order chi connectivity index (χ1) is 22.4. The van der Waals surface area contributed by atoms with Gasteiger partial charge in [-0.2, -0.15) is 0 Å². The number of methoxy groups -OCH3 is 1. The third-order valence-corrected chi connectivity index (χ3v) is 10.1. The molecule has 12 heteroatoms. The van der Waals surface area contributed by atoms with Gasteiger partial charge in [0.05, 0.1) is 44.9 Å². The minimum Gasteiger partial charge on any atom is -0.493 e. The minimum atomic E-state index is -0.963. The van der Waals surface area contributed by atoms with Crippen LogP contribution in [0.1, 0.15) is 43.2 Å². The number of carbonyl (C=O) groups excluding carboxylic acids is 1. The van der Waals surface area contributed by atoms with Gasteiger partial charge in [-0.1, -0.05) is 6.07 Å². The fourth-order valence-electron chi connectivity index (χ4n) is 6.91. The second-order valence-electron chi connectivity index (χ2n) is 13.5. The Hall–Kier alpha value is -2.90. The Labute approximate surface area is 271 Å². The molecule has 3 heterocycles. The third kappa shape index (κ3) is 8.92. The van der Waals surface area contributed by atoms with Gasteiger partial charge in [-0.05, 0) is 74.0 Å². The molecule has 11 nitrogen and oxygen atoms in total. The van der Waals surface area contributed by atoms with E-state index in [-0.39, 0.29) is 44.6 Å². The topological polar surface area (TPSA) is 141 Å². The predicted molar refractivity (Wildman–Crippen MR) is 171 cm³/mol. The molecule has 1 amide bonds. The van der Waals surface area contributed by atoms with Crippen molar-refractivity contribution in [2.75, 3.05) is 77.7 Å². The zero-order valence-electron chi connectivity index (χ0n) is 27.0. The summed E-state index contributed by atoms with van der Waals surface area (Å²) in [5.74, 6) is 3.08. The second-order valence-corrected chi connectivity index (χ2v) is 13.5. The quantitative estimate of drug-likeness (QED) is 0.203. The van der Waals surface area contributed by atoms with Gasteiger partial charge in [-0.25, -0.2) is 14.4 Å². The van der Waals surface area contributed by atoms with Crippen LogP contribution in [0, 0.1) is 34.9 Å². The molecule has 0 radical (unpaired) electrons. The van der Waals surface area contributed by atoms with Gasteiger partial charge < -0.3 is 39.9 Å². The first-order valence-electron chi connectivity index (χ1n) is 16.6. The average Bonchev–Trinajstić information content (AvgIpc) is 3.70. The molecular weight excluding hydrogens is 593 g/mol. The Morgan fingerprint density at radius 1 is 1.09 bits per heavy atom. The molecule has 2 saturated heterocycles. The van der Waals surface area contributed by atoms with Crippen molar-refractivity contribution in [2.45, 2.75) is 45.1 Å². The molecule has 0 bridgehead atoms. The van der Waals surface area contributed by atoms with Crippen molar-refractivity contribution in [1.82, 2.24) is 20.2 Å². The van der Waals surface area contributed by atoms with E-state index < -0.39 is 11.2 Å². The molecule has 0 unspecified atom stereocenters. The highest BCUT2D eigenvalue weighted by Gasteiger charge is 2.43. The number of rotatable bonds is 17. The molecule has 5 rings (SSSR count). The lowest BCUT2D eigenvalue weighted by Gasteiger charge is -2.32. The minimum absolute atomic E-state index is 0.00271. The van der Waals surface area contributed by atoms with Gasteiger partial charge in [0.25, 0.3) is 0 Å². The SMILES string of the molecule is COCc1cnc(N2CCC([C@H]3C[C@H]3CCOc3ccc(CC(=O)N4CC[C@@H](CNCC(CO)(CO)CO)C4)c(F)c3)CC2)nc1. The van der Waals surface area contributed by atoms with E-state index >= 15 is 0 Å². The summed E-state index contributed by atoms with van der Waals surface area (Å²) in [5, 5.41) is 31.6. The second kappa shape index (κ2) is 16.3. The molecular formula is C34H50FN5O6. The number of hydrogen-bond donors (Lipinski definition) is 4. The summed E-state index contributed by atoms with van der Waals surface area (Å²) < 4.78 is 26.0. The van der Waals surface area contributed by atoms with E-state index in [9.17, 15) is 24.5 Å². The smallest absolute Gasteiger partial charge is 0.227 e. The van der Waals surface area contributed by atoms with Gasteiger partial charge in [0.15, 0.2) is 0 Å². The zero-order valence-corrected chi connectivity index (χ0v) is 27.0. The maximum absolute atomic E-state index is 14.9. The van der Waals surface area contributed by atoms with Crippen molar-refractivity contribution >= 4 is 11.9 Å². The fourth-order valence-corrected chi connectivity index (χ4v) is 6.91. The first-order valence-corrected chi connectivity index (χ1v) is 16.6.